The second-order valence-corrected chi connectivity index (χ2v) is 7.63. The van der Waals surface area contributed by atoms with Gasteiger partial charge in [-0.1, -0.05) is 36.4 Å². The van der Waals surface area contributed by atoms with Crippen molar-refractivity contribution in [2.75, 3.05) is 31.1 Å². The molecule has 138 valence electrons. The molecule has 0 spiro atoms. The summed E-state index contributed by atoms with van der Waals surface area (Å²) in [6.07, 6.45) is 3.70. The number of benzene rings is 2. The van der Waals surface area contributed by atoms with Crippen molar-refractivity contribution in [3.63, 3.8) is 0 Å². The van der Waals surface area contributed by atoms with Crippen LogP contribution in [0.3, 0.4) is 0 Å². The van der Waals surface area contributed by atoms with Crippen molar-refractivity contribution in [2.45, 2.75) is 25.0 Å². The van der Waals surface area contributed by atoms with Crippen LogP contribution < -0.4 is 4.90 Å². The lowest BCUT2D eigenvalue weighted by Gasteiger charge is -2.23. The van der Waals surface area contributed by atoms with Crippen molar-refractivity contribution in [1.29, 1.82) is 0 Å². The quantitative estimate of drug-likeness (QED) is 0.778. The van der Waals surface area contributed by atoms with E-state index in [1.54, 1.807) is 0 Å². The van der Waals surface area contributed by atoms with Crippen LogP contribution in [0.5, 0.6) is 0 Å². The zero-order valence-electron chi connectivity index (χ0n) is 15.3. The number of nitrogens with zero attached hydrogens (tertiary/aromatic N) is 4. The van der Waals surface area contributed by atoms with Crippen LogP contribution in [0.15, 0.2) is 54.7 Å². The van der Waals surface area contributed by atoms with Crippen molar-refractivity contribution in [1.82, 2.24) is 14.9 Å². The van der Waals surface area contributed by atoms with Gasteiger partial charge in [0, 0.05) is 44.0 Å². The predicted octanol–water partition coefficient (Wildman–Crippen LogP) is 2.94. The minimum absolute atomic E-state index is 0.161. The molecule has 2 aliphatic heterocycles. The Balaban J connectivity index is 1.37. The van der Waals surface area contributed by atoms with Gasteiger partial charge in [-0.3, -0.25) is 4.90 Å². The fourth-order valence-electron chi connectivity index (χ4n) is 4.33. The Hall–Kier alpha value is -2.50. The van der Waals surface area contributed by atoms with Gasteiger partial charge in [-0.25, -0.2) is 9.97 Å². The first-order chi connectivity index (χ1) is 13.3. The summed E-state index contributed by atoms with van der Waals surface area (Å²) in [5.41, 5.74) is 2.08. The van der Waals surface area contributed by atoms with E-state index in [0.29, 0.717) is 6.04 Å². The largest absolute Gasteiger partial charge is 0.392 e. The number of likely N-dealkylation sites (tertiary alicyclic amines) is 1. The normalized spacial score (nSPS) is 23.4. The molecule has 5 rings (SSSR count). The highest BCUT2D eigenvalue weighted by Crippen LogP contribution is 2.27. The number of fused-ring (bicyclic) bond motifs is 1. The summed E-state index contributed by atoms with van der Waals surface area (Å²) in [6.45, 7) is 3.71. The van der Waals surface area contributed by atoms with Gasteiger partial charge in [-0.2, -0.15) is 0 Å². The van der Waals surface area contributed by atoms with E-state index in [4.69, 9.17) is 4.98 Å². The second kappa shape index (κ2) is 6.91. The number of hydrogen-bond donors (Lipinski definition) is 1. The highest BCUT2D eigenvalue weighted by atomic mass is 16.3. The summed E-state index contributed by atoms with van der Waals surface area (Å²) < 4.78 is 0. The molecule has 3 aromatic rings. The lowest BCUT2D eigenvalue weighted by molar-refractivity contribution is 0.163. The van der Waals surface area contributed by atoms with Crippen molar-refractivity contribution >= 4 is 16.7 Å². The lowest BCUT2D eigenvalue weighted by atomic mass is 10.1. The number of aliphatic hydroxyl groups is 1. The molecular formula is C22H24N4O. The van der Waals surface area contributed by atoms with Gasteiger partial charge in [0.25, 0.3) is 0 Å². The monoisotopic (exact) mass is 360 g/mol. The zero-order valence-corrected chi connectivity index (χ0v) is 15.3. The molecule has 27 heavy (non-hydrogen) atoms. The average molecular weight is 360 g/mol. The van der Waals surface area contributed by atoms with Crippen molar-refractivity contribution in [3.05, 3.63) is 54.7 Å². The molecule has 2 aromatic carbocycles. The summed E-state index contributed by atoms with van der Waals surface area (Å²) in [7, 11) is 0. The van der Waals surface area contributed by atoms with Crippen molar-refractivity contribution in [3.8, 4) is 11.3 Å². The standard InChI is InChI=1S/C22H24N4O/c27-20-9-12-25(15-20)19-8-11-26(14-19)22-23-10-7-21(24-22)18-6-5-16-3-1-2-4-17(16)13-18/h1-7,10,13,19-20,27H,8-9,11-12,14-15H2/t19-,20-/m0/s1. The maximum absolute atomic E-state index is 9.80. The minimum atomic E-state index is -0.161. The van der Waals surface area contributed by atoms with E-state index in [2.05, 4.69) is 57.2 Å². The van der Waals surface area contributed by atoms with Gasteiger partial charge in [-0.15, -0.1) is 0 Å². The van der Waals surface area contributed by atoms with Crippen LogP contribution in [0.2, 0.25) is 0 Å². The fourth-order valence-corrected chi connectivity index (χ4v) is 4.33. The number of hydrogen-bond acceptors (Lipinski definition) is 5. The van der Waals surface area contributed by atoms with Crippen molar-refractivity contribution in [2.24, 2.45) is 0 Å². The molecule has 1 N–H and O–H groups in total. The number of aliphatic hydroxyl groups excluding tert-OH is 1. The third-order valence-corrected chi connectivity index (χ3v) is 5.85. The molecule has 0 amide bonds. The molecule has 0 bridgehead atoms. The van der Waals surface area contributed by atoms with E-state index in [0.717, 1.165) is 56.2 Å². The van der Waals surface area contributed by atoms with Crippen LogP contribution in [0, 0.1) is 0 Å². The molecule has 2 fully saturated rings. The van der Waals surface area contributed by atoms with Crippen LogP contribution in [-0.2, 0) is 0 Å². The van der Waals surface area contributed by atoms with Crippen LogP contribution in [0.4, 0.5) is 5.95 Å². The Morgan fingerprint density at radius 1 is 0.926 bits per heavy atom. The SMILES string of the molecule is O[C@H]1CCN([C@H]2CCN(c3nccc(-c4ccc5ccccc5c4)n3)C2)C1. The smallest absolute Gasteiger partial charge is 0.225 e. The van der Waals surface area contributed by atoms with Gasteiger partial charge >= 0.3 is 0 Å². The Bertz CT molecular complexity index is 960. The Kier molecular flexibility index (Phi) is 4.26. The molecule has 5 nitrogen and oxygen atoms in total. The number of aromatic nitrogens is 2. The van der Waals surface area contributed by atoms with Gasteiger partial charge in [0.15, 0.2) is 0 Å². The van der Waals surface area contributed by atoms with E-state index in [-0.39, 0.29) is 6.10 Å². The summed E-state index contributed by atoms with van der Waals surface area (Å²) in [5.74, 6) is 0.808. The zero-order chi connectivity index (χ0) is 18.2. The average Bonchev–Trinajstić information content (AvgIpc) is 3.37. The molecule has 0 saturated carbocycles. The first-order valence-electron chi connectivity index (χ1n) is 9.75. The Labute approximate surface area is 159 Å². The number of anilines is 1. The van der Waals surface area contributed by atoms with E-state index >= 15 is 0 Å². The van der Waals surface area contributed by atoms with Gasteiger partial charge < -0.3 is 10.0 Å². The molecule has 2 saturated heterocycles. The minimum Gasteiger partial charge on any atom is -0.392 e. The predicted molar refractivity (Wildman–Crippen MR) is 108 cm³/mol. The molecule has 2 aliphatic rings. The van der Waals surface area contributed by atoms with Crippen LogP contribution in [-0.4, -0.2) is 58.3 Å². The van der Waals surface area contributed by atoms with Gasteiger partial charge in [0.1, 0.15) is 0 Å². The molecule has 0 radical (unpaired) electrons. The first-order valence-corrected chi connectivity index (χ1v) is 9.75. The molecule has 1 aromatic heterocycles. The summed E-state index contributed by atoms with van der Waals surface area (Å²) in [6, 6.07) is 17.4. The van der Waals surface area contributed by atoms with E-state index < -0.39 is 0 Å². The third-order valence-electron chi connectivity index (χ3n) is 5.85. The van der Waals surface area contributed by atoms with Crippen molar-refractivity contribution < 1.29 is 5.11 Å². The maximum Gasteiger partial charge on any atom is 0.225 e. The van der Waals surface area contributed by atoms with Crippen LogP contribution >= 0.6 is 0 Å². The van der Waals surface area contributed by atoms with Gasteiger partial charge in [0.05, 0.1) is 11.8 Å². The molecule has 0 aliphatic carbocycles. The van der Waals surface area contributed by atoms with Gasteiger partial charge in [-0.05, 0) is 35.7 Å². The molecular weight excluding hydrogens is 336 g/mol. The highest BCUT2D eigenvalue weighted by molar-refractivity contribution is 5.86. The lowest BCUT2D eigenvalue weighted by Crippen LogP contribution is -2.36. The van der Waals surface area contributed by atoms with Crippen LogP contribution in [0.1, 0.15) is 12.8 Å². The van der Waals surface area contributed by atoms with Crippen LogP contribution in [0.25, 0.3) is 22.0 Å². The number of β-amino-alcohol motifs (C(OH)–C–C–N with tert-alkyl or cyclic N) is 1. The molecule has 2 atom stereocenters. The first kappa shape index (κ1) is 16.7. The summed E-state index contributed by atoms with van der Waals surface area (Å²) in [5, 5.41) is 12.3. The van der Waals surface area contributed by atoms with E-state index in [9.17, 15) is 5.11 Å². The molecule has 5 heteroatoms. The highest BCUT2D eigenvalue weighted by Gasteiger charge is 2.33. The third kappa shape index (κ3) is 3.29. The van der Waals surface area contributed by atoms with Gasteiger partial charge in [0.2, 0.25) is 5.95 Å². The molecule has 0 unspecified atom stereocenters. The summed E-state index contributed by atoms with van der Waals surface area (Å²) >= 11 is 0. The van der Waals surface area contributed by atoms with E-state index in [1.165, 1.54) is 10.8 Å². The topological polar surface area (TPSA) is 52.5 Å². The fraction of sp³-hybridized carbons (Fsp3) is 0.364. The van der Waals surface area contributed by atoms with E-state index in [1.807, 2.05) is 12.3 Å². The number of rotatable bonds is 3. The second-order valence-electron chi connectivity index (χ2n) is 7.63. The Morgan fingerprint density at radius 2 is 1.81 bits per heavy atom. The Morgan fingerprint density at radius 3 is 2.67 bits per heavy atom. The summed E-state index contributed by atoms with van der Waals surface area (Å²) in [4.78, 5) is 14.1. The maximum atomic E-state index is 9.80. The molecule has 3 heterocycles.